The van der Waals surface area contributed by atoms with Gasteiger partial charge >= 0.3 is 6.09 Å². The van der Waals surface area contributed by atoms with E-state index in [4.69, 9.17) is 16.3 Å². The third-order valence-electron chi connectivity index (χ3n) is 5.74. The van der Waals surface area contributed by atoms with Crippen LogP contribution in [0.2, 0.25) is 5.02 Å². The molecule has 2 amide bonds. The number of rotatable bonds is 4. The van der Waals surface area contributed by atoms with Gasteiger partial charge in [0.1, 0.15) is 12.6 Å². The number of anilines is 1. The van der Waals surface area contributed by atoms with Gasteiger partial charge in [0.25, 0.3) is 0 Å². The van der Waals surface area contributed by atoms with Gasteiger partial charge in [-0.15, -0.1) is 0 Å². The number of likely N-dealkylation sites (tertiary alicyclic amines) is 1. The lowest BCUT2D eigenvalue weighted by Crippen LogP contribution is -2.54. The predicted octanol–water partition coefficient (Wildman–Crippen LogP) is 3.79. The number of carbonyl (C=O) groups is 2. The lowest BCUT2D eigenvalue weighted by Gasteiger charge is -2.38. The van der Waals surface area contributed by atoms with Gasteiger partial charge in [0, 0.05) is 43.4 Å². The number of halogens is 1. The molecule has 6 nitrogen and oxygen atoms in total. The molecule has 0 saturated carbocycles. The Kier molecular flexibility index (Phi) is 6.43. The predicted molar refractivity (Wildman–Crippen MR) is 117 cm³/mol. The zero-order valence-electron chi connectivity index (χ0n) is 16.9. The van der Waals surface area contributed by atoms with Crippen molar-refractivity contribution >= 4 is 29.3 Å². The smallest absolute Gasteiger partial charge is 0.410 e. The van der Waals surface area contributed by atoms with Crippen LogP contribution in [0.25, 0.3) is 0 Å². The van der Waals surface area contributed by atoms with Crippen molar-refractivity contribution in [1.82, 2.24) is 9.80 Å². The molecule has 2 aromatic carbocycles. The summed E-state index contributed by atoms with van der Waals surface area (Å²) in [5.74, 6) is 0.0231. The molecule has 7 heteroatoms. The molecule has 30 heavy (non-hydrogen) atoms. The largest absolute Gasteiger partial charge is 0.445 e. The van der Waals surface area contributed by atoms with E-state index in [0.29, 0.717) is 31.1 Å². The zero-order valence-corrected chi connectivity index (χ0v) is 17.6. The van der Waals surface area contributed by atoms with Crippen molar-refractivity contribution < 1.29 is 14.3 Å². The molecule has 0 spiro atoms. The summed E-state index contributed by atoms with van der Waals surface area (Å²) in [5, 5.41) is 0.710. The van der Waals surface area contributed by atoms with Crippen LogP contribution in [0.1, 0.15) is 18.4 Å². The number of carbonyl (C=O) groups excluding carboxylic acids is 2. The summed E-state index contributed by atoms with van der Waals surface area (Å²) in [5.41, 5.74) is 2.01. The van der Waals surface area contributed by atoms with E-state index in [9.17, 15) is 9.59 Å². The molecule has 2 saturated heterocycles. The van der Waals surface area contributed by atoms with Crippen molar-refractivity contribution in [3.8, 4) is 0 Å². The van der Waals surface area contributed by atoms with Gasteiger partial charge in [-0.25, -0.2) is 4.79 Å². The summed E-state index contributed by atoms with van der Waals surface area (Å²) in [6.45, 7) is 3.54. The second kappa shape index (κ2) is 9.39. The molecule has 2 aliphatic rings. The molecule has 0 unspecified atom stereocenters. The van der Waals surface area contributed by atoms with Crippen molar-refractivity contribution in [3.05, 3.63) is 65.2 Å². The highest BCUT2D eigenvalue weighted by atomic mass is 35.5. The Morgan fingerprint density at radius 1 is 0.967 bits per heavy atom. The summed E-state index contributed by atoms with van der Waals surface area (Å²) in [6, 6.07) is 16.9. The molecule has 2 heterocycles. The quantitative estimate of drug-likeness (QED) is 0.745. The number of nitrogens with zero attached hydrogens (tertiary/aromatic N) is 3. The van der Waals surface area contributed by atoms with E-state index in [2.05, 4.69) is 4.90 Å². The van der Waals surface area contributed by atoms with Crippen LogP contribution in [0.5, 0.6) is 0 Å². The van der Waals surface area contributed by atoms with E-state index in [1.54, 1.807) is 4.90 Å². The highest BCUT2D eigenvalue weighted by Crippen LogP contribution is 2.24. The molecular formula is C23H26ClN3O3. The monoisotopic (exact) mass is 427 g/mol. The van der Waals surface area contributed by atoms with Crippen molar-refractivity contribution in [1.29, 1.82) is 0 Å². The highest BCUT2D eigenvalue weighted by molar-refractivity contribution is 6.30. The number of piperazine rings is 1. The molecule has 0 radical (unpaired) electrons. The fraction of sp³-hybridized carbons (Fsp3) is 0.391. The first kappa shape index (κ1) is 20.5. The van der Waals surface area contributed by atoms with Crippen LogP contribution in [0.3, 0.4) is 0 Å². The second-order valence-electron chi connectivity index (χ2n) is 7.68. The highest BCUT2D eigenvalue weighted by Gasteiger charge is 2.38. The standard InChI is InChI=1S/C23H26ClN3O3/c24-19-8-4-9-20(16-19)25-12-14-26(15-13-25)22(28)21-10-5-11-27(21)23(29)30-17-18-6-2-1-3-7-18/h1-4,6-9,16,21H,5,10-15,17H2/t21-/m1/s1. The first-order chi connectivity index (χ1) is 14.6. The van der Waals surface area contributed by atoms with Gasteiger partial charge in [-0.05, 0) is 36.6 Å². The Hall–Kier alpha value is -2.73. The summed E-state index contributed by atoms with van der Waals surface area (Å²) < 4.78 is 5.46. The lowest BCUT2D eigenvalue weighted by atomic mass is 10.1. The van der Waals surface area contributed by atoms with Crippen LogP contribution in [0.4, 0.5) is 10.5 Å². The maximum absolute atomic E-state index is 13.1. The topological polar surface area (TPSA) is 53.1 Å². The zero-order chi connectivity index (χ0) is 20.9. The first-order valence-corrected chi connectivity index (χ1v) is 10.8. The average Bonchev–Trinajstić information content (AvgIpc) is 3.28. The molecule has 158 valence electrons. The summed E-state index contributed by atoms with van der Waals surface area (Å²) in [7, 11) is 0. The van der Waals surface area contributed by atoms with E-state index in [-0.39, 0.29) is 12.5 Å². The molecule has 2 aliphatic heterocycles. The number of benzene rings is 2. The fourth-order valence-electron chi connectivity index (χ4n) is 4.11. The van der Waals surface area contributed by atoms with Crippen LogP contribution >= 0.6 is 11.6 Å². The molecule has 0 N–H and O–H groups in total. The Morgan fingerprint density at radius 2 is 1.73 bits per heavy atom. The molecule has 0 aliphatic carbocycles. The summed E-state index contributed by atoms with van der Waals surface area (Å²) in [4.78, 5) is 31.4. The van der Waals surface area contributed by atoms with E-state index >= 15 is 0 Å². The van der Waals surface area contributed by atoms with Gasteiger partial charge in [-0.3, -0.25) is 9.69 Å². The minimum absolute atomic E-state index is 0.0231. The average molecular weight is 428 g/mol. The number of ether oxygens (including phenoxy) is 1. The Morgan fingerprint density at radius 3 is 2.47 bits per heavy atom. The van der Waals surface area contributed by atoms with E-state index in [1.165, 1.54) is 0 Å². The number of amides is 2. The number of hydrogen-bond acceptors (Lipinski definition) is 4. The minimum Gasteiger partial charge on any atom is -0.445 e. The third kappa shape index (κ3) is 4.70. The van der Waals surface area contributed by atoms with E-state index in [1.807, 2.05) is 59.5 Å². The third-order valence-corrected chi connectivity index (χ3v) is 5.98. The van der Waals surface area contributed by atoms with Gasteiger partial charge in [0.05, 0.1) is 0 Å². The molecule has 2 fully saturated rings. The van der Waals surface area contributed by atoms with Gasteiger partial charge in [-0.1, -0.05) is 48.0 Å². The molecule has 0 aromatic heterocycles. The number of hydrogen-bond donors (Lipinski definition) is 0. The lowest BCUT2D eigenvalue weighted by molar-refractivity contribution is -0.135. The SMILES string of the molecule is O=C([C@H]1CCCN1C(=O)OCc1ccccc1)N1CCN(c2cccc(Cl)c2)CC1. The summed E-state index contributed by atoms with van der Waals surface area (Å²) in [6.07, 6.45) is 1.10. The normalized spacial score (nSPS) is 19.1. The molecule has 4 rings (SSSR count). The van der Waals surface area contributed by atoms with Crippen LogP contribution in [0.15, 0.2) is 54.6 Å². The first-order valence-electron chi connectivity index (χ1n) is 10.4. The Bertz CT molecular complexity index is 884. The van der Waals surface area contributed by atoms with Crippen molar-refractivity contribution in [2.75, 3.05) is 37.6 Å². The van der Waals surface area contributed by atoms with Crippen LogP contribution in [-0.2, 0) is 16.1 Å². The second-order valence-corrected chi connectivity index (χ2v) is 8.12. The van der Waals surface area contributed by atoms with Crippen LogP contribution in [-0.4, -0.2) is 60.6 Å². The minimum atomic E-state index is -0.425. The van der Waals surface area contributed by atoms with E-state index in [0.717, 1.165) is 30.8 Å². The Labute approximate surface area is 182 Å². The van der Waals surface area contributed by atoms with Crippen LogP contribution in [0, 0.1) is 0 Å². The van der Waals surface area contributed by atoms with Gasteiger partial charge < -0.3 is 14.5 Å². The maximum atomic E-state index is 13.1. The summed E-state index contributed by atoms with van der Waals surface area (Å²) >= 11 is 6.10. The van der Waals surface area contributed by atoms with Crippen molar-refractivity contribution in [3.63, 3.8) is 0 Å². The van der Waals surface area contributed by atoms with Crippen LogP contribution < -0.4 is 4.90 Å². The fourth-order valence-corrected chi connectivity index (χ4v) is 4.30. The van der Waals surface area contributed by atoms with Crippen molar-refractivity contribution in [2.45, 2.75) is 25.5 Å². The Balaban J connectivity index is 1.32. The van der Waals surface area contributed by atoms with Crippen molar-refractivity contribution in [2.24, 2.45) is 0 Å². The molecular weight excluding hydrogens is 402 g/mol. The van der Waals surface area contributed by atoms with E-state index < -0.39 is 12.1 Å². The molecule has 0 bridgehead atoms. The van der Waals surface area contributed by atoms with Gasteiger partial charge in [0.15, 0.2) is 0 Å². The molecule has 2 aromatic rings. The molecule has 1 atom stereocenters. The van der Waals surface area contributed by atoms with Gasteiger partial charge in [-0.2, -0.15) is 0 Å². The maximum Gasteiger partial charge on any atom is 0.410 e. The van der Waals surface area contributed by atoms with Gasteiger partial charge in [0.2, 0.25) is 5.91 Å².